The molecule has 0 unspecified atom stereocenters. The molecule has 34 heavy (non-hydrogen) atoms. The zero-order valence-corrected chi connectivity index (χ0v) is 19.9. The van der Waals surface area contributed by atoms with Crippen LogP contribution in [0.1, 0.15) is 69.9 Å². The Bertz CT molecular complexity index is 990. The Morgan fingerprint density at radius 3 is 2.18 bits per heavy atom. The minimum atomic E-state index is -4.34. The minimum absolute atomic E-state index is 0.159. The van der Waals surface area contributed by atoms with Crippen LogP contribution in [-0.4, -0.2) is 29.8 Å². The van der Waals surface area contributed by atoms with Gasteiger partial charge in [0.15, 0.2) is 0 Å². The average molecular weight is 475 g/mol. The highest BCUT2D eigenvalue weighted by Crippen LogP contribution is 2.42. The molecule has 0 saturated heterocycles. The van der Waals surface area contributed by atoms with Gasteiger partial charge in [-0.3, -0.25) is 0 Å². The standard InChI is InChI=1S/C27H33F3N2O2/c1-26(2,3)34-25(33)32-22-13-11-21(12-14-22)31-24-16-23(24)18-9-7-17(8-10-18)19-5-4-6-20(15-19)27(28,29)30/h4-10,15,21-24,31H,11-14,16H2,1-3H3,(H,32,33)/t21-,22+,23-,24+/m0/s1. The van der Waals surface area contributed by atoms with Gasteiger partial charge in [-0.25, -0.2) is 4.79 Å². The van der Waals surface area contributed by atoms with E-state index in [0.29, 0.717) is 23.6 Å². The lowest BCUT2D eigenvalue weighted by molar-refractivity contribution is -0.137. The van der Waals surface area contributed by atoms with Crippen molar-refractivity contribution >= 4 is 6.09 Å². The van der Waals surface area contributed by atoms with E-state index in [2.05, 4.69) is 10.6 Å². The van der Waals surface area contributed by atoms with Gasteiger partial charge in [0.25, 0.3) is 0 Å². The summed E-state index contributed by atoms with van der Waals surface area (Å²) in [5.41, 5.74) is 1.46. The molecule has 2 aliphatic carbocycles. The number of ether oxygens (including phenoxy) is 1. The highest BCUT2D eigenvalue weighted by Gasteiger charge is 2.40. The van der Waals surface area contributed by atoms with Gasteiger partial charge < -0.3 is 15.4 Å². The Morgan fingerprint density at radius 2 is 1.56 bits per heavy atom. The SMILES string of the molecule is CC(C)(C)OC(=O)N[C@H]1CC[C@@H](N[C@@H]2C[C@H]2c2ccc(-c3cccc(C(F)(F)F)c3)cc2)CC1. The molecule has 2 atom stereocenters. The monoisotopic (exact) mass is 474 g/mol. The van der Waals surface area contributed by atoms with Gasteiger partial charge in [-0.1, -0.05) is 36.4 Å². The second-order valence-electron chi connectivity index (χ2n) is 10.5. The Hall–Kier alpha value is -2.54. The van der Waals surface area contributed by atoms with Crippen molar-refractivity contribution in [2.45, 2.75) is 88.7 Å². The van der Waals surface area contributed by atoms with E-state index in [1.165, 1.54) is 17.7 Å². The maximum atomic E-state index is 13.0. The van der Waals surface area contributed by atoms with Crippen molar-refractivity contribution in [2.75, 3.05) is 0 Å². The van der Waals surface area contributed by atoms with Crippen LogP contribution in [-0.2, 0) is 10.9 Å². The molecule has 2 aromatic rings. The van der Waals surface area contributed by atoms with E-state index in [9.17, 15) is 18.0 Å². The minimum Gasteiger partial charge on any atom is -0.444 e. The predicted molar refractivity (Wildman–Crippen MR) is 127 cm³/mol. The second kappa shape index (κ2) is 9.61. The Labute approximate surface area is 199 Å². The summed E-state index contributed by atoms with van der Waals surface area (Å²) >= 11 is 0. The van der Waals surface area contributed by atoms with Crippen LogP contribution in [0.4, 0.5) is 18.0 Å². The maximum absolute atomic E-state index is 13.0. The first-order valence-electron chi connectivity index (χ1n) is 12.0. The fourth-order valence-electron chi connectivity index (χ4n) is 4.73. The van der Waals surface area contributed by atoms with E-state index in [1.807, 2.05) is 45.0 Å². The summed E-state index contributed by atoms with van der Waals surface area (Å²) < 4.78 is 44.4. The molecule has 2 fully saturated rings. The molecular formula is C27H33F3N2O2. The fourth-order valence-corrected chi connectivity index (χ4v) is 4.73. The molecule has 184 valence electrons. The molecule has 7 heteroatoms. The first kappa shape index (κ1) is 24.6. The van der Waals surface area contributed by atoms with E-state index in [-0.39, 0.29) is 12.1 Å². The van der Waals surface area contributed by atoms with E-state index in [1.54, 1.807) is 6.07 Å². The summed E-state index contributed by atoms with van der Waals surface area (Å²) in [5, 5.41) is 6.73. The van der Waals surface area contributed by atoms with Crippen LogP contribution >= 0.6 is 0 Å². The first-order valence-corrected chi connectivity index (χ1v) is 12.0. The van der Waals surface area contributed by atoms with Gasteiger partial charge in [0.05, 0.1) is 5.56 Å². The van der Waals surface area contributed by atoms with Crippen LogP contribution in [0, 0.1) is 0 Å². The number of alkyl carbamates (subject to hydrolysis) is 1. The summed E-state index contributed by atoms with van der Waals surface area (Å²) in [7, 11) is 0. The van der Waals surface area contributed by atoms with E-state index >= 15 is 0 Å². The van der Waals surface area contributed by atoms with Crippen LogP contribution < -0.4 is 10.6 Å². The zero-order chi connectivity index (χ0) is 24.5. The van der Waals surface area contributed by atoms with Gasteiger partial charge in [-0.05, 0) is 81.7 Å². The molecule has 0 heterocycles. The molecule has 0 bridgehead atoms. The largest absolute Gasteiger partial charge is 0.444 e. The second-order valence-corrected chi connectivity index (χ2v) is 10.5. The van der Waals surface area contributed by atoms with Gasteiger partial charge in [-0.2, -0.15) is 13.2 Å². The Kier molecular flexibility index (Phi) is 6.94. The third-order valence-electron chi connectivity index (χ3n) is 6.55. The van der Waals surface area contributed by atoms with Crippen molar-refractivity contribution in [2.24, 2.45) is 0 Å². The Morgan fingerprint density at radius 1 is 0.912 bits per heavy atom. The number of halogens is 3. The van der Waals surface area contributed by atoms with Crippen molar-refractivity contribution in [3.63, 3.8) is 0 Å². The van der Waals surface area contributed by atoms with Gasteiger partial charge in [0.1, 0.15) is 5.60 Å². The van der Waals surface area contributed by atoms with Crippen molar-refractivity contribution in [1.82, 2.24) is 10.6 Å². The van der Waals surface area contributed by atoms with E-state index in [4.69, 9.17) is 4.74 Å². The number of nitrogens with one attached hydrogen (secondary N) is 2. The maximum Gasteiger partial charge on any atom is 0.416 e. The number of hydrogen-bond acceptors (Lipinski definition) is 3. The van der Waals surface area contributed by atoms with Gasteiger partial charge in [-0.15, -0.1) is 0 Å². The van der Waals surface area contributed by atoms with Crippen molar-refractivity contribution in [3.05, 3.63) is 59.7 Å². The highest BCUT2D eigenvalue weighted by molar-refractivity contribution is 5.68. The molecule has 0 aliphatic heterocycles. The van der Waals surface area contributed by atoms with Crippen LogP contribution in [0.2, 0.25) is 0 Å². The third kappa shape index (κ3) is 6.53. The summed E-state index contributed by atoms with van der Waals surface area (Å²) in [5.74, 6) is 0.438. The molecule has 1 amide bonds. The smallest absolute Gasteiger partial charge is 0.416 e. The molecule has 2 aliphatic rings. The predicted octanol–water partition coefficient (Wildman–Crippen LogP) is 6.65. The average Bonchev–Trinajstić information content (AvgIpc) is 3.52. The van der Waals surface area contributed by atoms with Crippen molar-refractivity contribution < 1.29 is 22.7 Å². The number of carbonyl (C=O) groups is 1. The summed E-state index contributed by atoms with van der Waals surface area (Å²) in [6.07, 6.45) is 0.267. The van der Waals surface area contributed by atoms with E-state index in [0.717, 1.165) is 43.7 Å². The summed E-state index contributed by atoms with van der Waals surface area (Å²) in [6.45, 7) is 5.58. The molecule has 0 aromatic heterocycles. The lowest BCUT2D eigenvalue weighted by atomic mass is 9.91. The zero-order valence-electron chi connectivity index (χ0n) is 19.9. The molecular weight excluding hydrogens is 441 g/mol. The van der Waals surface area contributed by atoms with Crippen LogP contribution in [0.15, 0.2) is 48.5 Å². The lowest BCUT2D eigenvalue weighted by Crippen LogP contribution is -2.44. The third-order valence-corrected chi connectivity index (χ3v) is 6.55. The van der Waals surface area contributed by atoms with Gasteiger partial charge in [0.2, 0.25) is 0 Å². The Balaban J connectivity index is 1.25. The topological polar surface area (TPSA) is 50.4 Å². The van der Waals surface area contributed by atoms with Crippen LogP contribution in [0.25, 0.3) is 11.1 Å². The highest BCUT2D eigenvalue weighted by atomic mass is 19.4. The first-order chi connectivity index (χ1) is 16.0. The molecule has 2 N–H and O–H groups in total. The molecule has 4 nitrogen and oxygen atoms in total. The van der Waals surface area contributed by atoms with Crippen molar-refractivity contribution in [1.29, 1.82) is 0 Å². The van der Waals surface area contributed by atoms with Gasteiger partial charge in [0, 0.05) is 24.0 Å². The number of amides is 1. The normalized spacial score (nSPS) is 25.0. The number of alkyl halides is 3. The molecule has 4 rings (SSSR count). The number of hydrogen-bond donors (Lipinski definition) is 2. The molecule has 0 spiro atoms. The molecule has 0 radical (unpaired) electrons. The molecule has 2 saturated carbocycles. The summed E-state index contributed by atoms with van der Waals surface area (Å²) in [6, 6.07) is 14.4. The van der Waals surface area contributed by atoms with Crippen LogP contribution in [0.5, 0.6) is 0 Å². The van der Waals surface area contributed by atoms with Crippen LogP contribution in [0.3, 0.4) is 0 Å². The summed E-state index contributed by atoms with van der Waals surface area (Å²) in [4.78, 5) is 12.0. The van der Waals surface area contributed by atoms with E-state index < -0.39 is 17.3 Å². The fraction of sp³-hybridized carbons (Fsp3) is 0.519. The van der Waals surface area contributed by atoms with Crippen molar-refractivity contribution in [3.8, 4) is 11.1 Å². The number of carbonyl (C=O) groups excluding carboxylic acids is 1. The lowest BCUT2D eigenvalue weighted by Gasteiger charge is -2.30. The molecule has 2 aromatic carbocycles. The number of benzene rings is 2. The quantitative estimate of drug-likeness (QED) is 0.510. The number of rotatable bonds is 5. The van der Waals surface area contributed by atoms with Gasteiger partial charge >= 0.3 is 12.3 Å².